The zero-order valence-electron chi connectivity index (χ0n) is 7.06. The highest BCUT2D eigenvalue weighted by Gasteiger charge is 2.39. The largest absolute Gasteiger partial charge is 0.349 e. The quantitative estimate of drug-likeness (QED) is 0.722. The summed E-state index contributed by atoms with van der Waals surface area (Å²) in [6.07, 6.45) is 2.55. The third kappa shape index (κ3) is 2.05. The molecule has 0 aliphatic heterocycles. The molecule has 13 heavy (non-hydrogen) atoms. The molecule has 1 aromatic rings. The third-order valence-electron chi connectivity index (χ3n) is 2.07. The van der Waals surface area contributed by atoms with Gasteiger partial charge in [0.25, 0.3) is 0 Å². The maximum absolute atomic E-state index is 11.3. The molecule has 2 unspecified atom stereocenters. The first kappa shape index (κ1) is 8.65. The fourth-order valence-corrected chi connectivity index (χ4v) is 1.71. The molecular formula is C8H11N3OS. The van der Waals surface area contributed by atoms with Crippen LogP contribution in [0.1, 0.15) is 11.4 Å². The molecule has 2 atom stereocenters. The first-order valence-corrected chi connectivity index (χ1v) is 5.07. The fourth-order valence-electron chi connectivity index (χ4n) is 1.15. The average molecular weight is 197 g/mol. The van der Waals surface area contributed by atoms with E-state index in [1.165, 1.54) is 0 Å². The predicted octanol–water partition coefficient (Wildman–Crippen LogP) is 0.106. The summed E-state index contributed by atoms with van der Waals surface area (Å²) in [5, 5.41) is 5.63. The van der Waals surface area contributed by atoms with Crippen LogP contribution >= 0.6 is 11.3 Å². The number of nitrogens with zero attached hydrogens (tertiary/aromatic N) is 1. The van der Waals surface area contributed by atoms with Gasteiger partial charge in [0.15, 0.2) is 0 Å². The molecule has 0 saturated heterocycles. The minimum Gasteiger partial charge on any atom is -0.349 e. The van der Waals surface area contributed by atoms with E-state index >= 15 is 0 Å². The van der Waals surface area contributed by atoms with E-state index in [1.54, 1.807) is 17.5 Å². The van der Waals surface area contributed by atoms with Gasteiger partial charge in [-0.1, -0.05) is 0 Å². The van der Waals surface area contributed by atoms with Crippen molar-refractivity contribution < 1.29 is 4.79 Å². The molecule has 3 N–H and O–H groups in total. The molecule has 0 radical (unpaired) electrons. The Hall–Kier alpha value is -0.940. The molecule has 5 heteroatoms. The highest BCUT2D eigenvalue weighted by molar-refractivity contribution is 7.09. The predicted molar refractivity (Wildman–Crippen MR) is 50.0 cm³/mol. The first-order valence-electron chi connectivity index (χ1n) is 4.19. The summed E-state index contributed by atoms with van der Waals surface area (Å²) in [6, 6.07) is 0.0799. The van der Waals surface area contributed by atoms with Crippen molar-refractivity contribution in [3.63, 3.8) is 0 Å². The maximum Gasteiger partial charge on any atom is 0.225 e. The highest BCUT2D eigenvalue weighted by atomic mass is 32.1. The lowest BCUT2D eigenvalue weighted by Crippen LogP contribution is -2.26. The molecular weight excluding hydrogens is 186 g/mol. The summed E-state index contributed by atoms with van der Waals surface area (Å²) in [4.78, 5) is 15.4. The standard InChI is InChI=1S/C8H11N3OS/c9-6-3-5(6)8(12)11-4-7-10-1-2-13-7/h1-2,5-6H,3-4,9H2,(H,11,12). The molecule has 1 fully saturated rings. The lowest BCUT2D eigenvalue weighted by atomic mass is 10.4. The molecule has 2 rings (SSSR count). The van der Waals surface area contributed by atoms with Crippen molar-refractivity contribution >= 4 is 17.2 Å². The number of amides is 1. The van der Waals surface area contributed by atoms with Crippen molar-refractivity contribution in [2.24, 2.45) is 11.7 Å². The Morgan fingerprint density at radius 2 is 2.62 bits per heavy atom. The second-order valence-electron chi connectivity index (χ2n) is 3.15. The van der Waals surface area contributed by atoms with Gasteiger partial charge in [0.2, 0.25) is 5.91 Å². The van der Waals surface area contributed by atoms with Gasteiger partial charge in [0.1, 0.15) is 5.01 Å². The van der Waals surface area contributed by atoms with Crippen molar-refractivity contribution in [2.75, 3.05) is 0 Å². The van der Waals surface area contributed by atoms with E-state index in [0.717, 1.165) is 11.4 Å². The van der Waals surface area contributed by atoms with Crippen molar-refractivity contribution in [2.45, 2.75) is 19.0 Å². The number of nitrogens with two attached hydrogens (primary N) is 1. The molecule has 1 amide bonds. The fraction of sp³-hybridized carbons (Fsp3) is 0.500. The molecule has 1 heterocycles. The molecule has 70 valence electrons. The first-order chi connectivity index (χ1) is 6.27. The highest BCUT2D eigenvalue weighted by Crippen LogP contribution is 2.27. The Morgan fingerprint density at radius 3 is 3.15 bits per heavy atom. The van der Waals surface area contributed by atoms with Crippen molar-refractivity contribution in [1.29, 1.82) is 0 Å². The Labute approximate surface area is 80.2 Å². The summed E-state index contributed by atoms with van der Waals surface area (Å²) in [7, 11) is 0. The number of carbonyl (C=O) groups is 1. The van der Waals surface area contributed by atoms with Crippen LogP contribution in [0.15, 0.2) is 11.6 Å². The van der Waals surface area contributed by atoms with Crippen molar-refractivity contribution in [3.8, 4) is 0 Å². The number of rotatable bonds is 3. The van der Waals surface area contributed by atoms with Crippen LogP contribution < -0.4 is 11.1 Å². The van der Waals surface area contributed by atoms with E-state index in [1.807, 2.05) is 5.38 Å². The second-order valence-corrected chi connectivity index (χ2v) is 4.13. The minimum atomic E-state index is 0.0416. The molecule has 0 spiro atoms. The van der Waals surface area contributed by atoms with Crippen molar-refractivity contribution in [3.05, 3.63) is 16.6 Å². The van der Waals surface area contributed by atoms with Gasteiger partial charge in [-0.25, -0.2) is 4.98 Å². The van der Waals surface area contributed by atoms with Crippen LogP contribution in [-0.2, 0) is 11.3 Å². The lowest BCUT2D eigenvalue weighted by Gasteiger charge is -2.00. The van der Waals surface area contributed by atoms with Gasteiger partial charge < -0.3 is 11.1 Å². The number of hydrogen-bond acceptors (Lipinski definition) is 4. The van der Waals surface area contributed by atoms with E-state index in [9.17, 15) is 4.79 Å². The number of carbonyl (C=O) groups excluding carboxylic acids is 1. The second kappa shape index (κ2) is 3.43. The van der Waals surface area contributed by atoms with Crippen LogP contribution in [-0.4, -0.2) is 16.9 Å². The van der Waals surface area contributed by atoms with Crippen LogP contribution in [0.5, 0.6) is 0 Å². The zero-order valence-corrected chi connectivity index (χ0v) is 7.88. The van der Waals surface area contributed by atoms with Gasteiger partial charge in [-0.3, -0.25) is 4.79 Å². The monoisotopic (exact) mass is 197 g/mol. The normalized spacial score (nSPS) is 25.6. The van der Waals surface area contributed by atoms with Gasteiger partial charge in [0.05, 0.1) is 12.5 Å². The molecule has 0 aromatic carbocycles. The van der Waals surface area contributed by atoms with Gasteiger partial charge in [-0.15, -0.1) is 11.3 Å². The minimum absolute atomic E-state index is 0.0416. The van der Waals surface area contributed by atoms with E-state index in [0.29, 0.717) is 6.54 Å². The summed E-state index contributed by atoms with van der Waals surface area (Å²) < 4.78 is 0. The number of thiazole rings is 1. The topological polar surface area (TPSA) is 68.0 Å². The van der Waals surface area contributed by atoms with Gasteiger partial charge in [-0.05, 0) is 6.42 Å². The van der Waals surface area contributed by atoms with E-state index < -0.39 is 0 Å². The zero-order chi connectivity index (χ0) is 9.26. The van der Waals surface area contributed by atoms with Crippen LogP contribution in [0.2, 0.25) is 0 Å². The van der Waals surface area contributed by atoms with Crippen LogP contribution in [0.3, 0.4) is 0 Å². The number of aromatic nitrogens is 1. The van der Waals surface area contributed by atoms with Gasteiger partial charge in [0, 0.05) is 17.6 Å². The summed E-state index contributed by atoms with van der Waals surface area (Å²) >= 11 is 1.54. The number of hydrogen-bond donors (Lipinski definition) is 2. The van der Waals surface area contributed by atoms with Gasteiger partial charge in [-0.2, -0.15) is 0 Å². The van der Waals surface area contributed by atoms with Crippen molar-refractivity contribution in [1.82, 2.24) is 10.3 Å². The molecule has 4 nitrogen and oxygen atoms in total. The Balaban J connectivity index is 1.77. The SMILES string of the molecule is NC1CC1C(=O)NCc1nccs1. The summed E-state index contributed by atoms with van der Waals surface area (Å²) in [5.41, 5.74) is 5.54. The van der Waals surface area contributed by atoms with E-state index in [4.69, 9.17) is 5.73 Å². The Kier molecular flexibility index (Phi) is 2.28. The van der Waals surface area contributed by atoms with Crippen LogP contribution in [0.4, 0.5) is 0 Å². The number of nitrogens with one attached hydrogen (secondary N) is 1. The Morgan fingerprint density at radius 1 is 1.85 bits per heavy atom. The van der Waals surface area contributed by atoms with E-state index in [-0.39, 0.29) is 17.9 Å². The Bertz CT molecular complexity index is 298. The molecule has 1 saturated carbocycles. The lowest BCUT2D eigenvalue weighted by molar-refractivity contribution is -0.122. The maximum atomic E-state index is 11.3. The third-order valence-corrected chi connectivity index (χ3v) is 2.85. The molecule has 0 bridgehead atoms. The summed E-state index contributed by atoms with van der Waals surface area (Å²) in [6.45, 7) is 0.528. The molecule has 1 aliphatic carbocycles. The molecule has 1 aromatic heterocycles. The average Bonchev–Trinajstić information content (AvgIpc) is 2.68. The van der Waals surface area contributed by atoms with Crippen LogP contribution in [0.25, 0.3) is 0 Å². The van der Waals surface area contributed by atoms with Crippen LogP contribution in [0, 0.1) is 5.92 Å². The summed E-state index contributed by atoms with van der Waals surface area (Å²) in [5.74, 6) is 0.0997. The van der Waals surface area contributed by atoms with E-state index in [2.05, 4.69) is 10.3 Å². The smallest absolute Gasteiger partial charge is 0.225 e. The van der Waals surface area contributed by atoms with Gasteiger partial charge >= 0.3 is 0 Å². The molecule has 1 aliphatic rings.